The molecule has 1 amide bonds. The van der Waals surface area contributed by atoms with Crippen LogP contribution in [0, 0.1) is 0 Å². The highest BCUT2D eigenvalue weighted by Gasteiger charge is 2.64. The Bertz CT molecular complexity index is 1160. The molecule has 148 valence electrons. The van der Waals surface area contributed by atoms with Gasteiger partial charge in [-0.1, -0.05) is 5.16 Å². The summed E-state index contributed by atoms with van der Waals surface area (Å²) in [5.41, 5.74) is 1.18. The highest BCUT2D eigenvalue weighted by atomic mass is 32.2. The summed E-state index contributed by atoms with van der Waals surface area (Å²) in [6.45, 7) is 0.224. The third-order valence-electron chi connectivity index (χ3n) is 5.72. The van der Waals surface area contributed by atoms with Crippen molar-refractivity contribution >= 4 is 15.7 Å². The number of carbonyl (C=O) groups is 1. The first-order valence-corrected chi connectivity index (χ1v) is 10.8. The van der Waals surface area contributed by atoms with E-state index in [0.29, 0.717) is 23.7 Å². The van der Waals surface area contributed by atoms with Crippen LogP contribution >= 0.6 is 0 Å². The molecule has 5 heterocycles. The fraction of sp³-hybridized carbons (Fsp3) is 0.316. The molecule has 5 rings (SSSR count). The maximum absolute atomic E-state index is 12.9. The molecule has 0 radical (unpaired) electrons. The lowest BCUT2D eigenvalue weighted by atomic mass is 9.82. The second-order valence-electron chi connectivity index (χ2n) is 7.32. The van der Waals surface area contributed by atoms with Crippen LogP contribution in [0.2, 0.25) is 0 Å². The second kappa shape index (κ2) is 6.45. The molecule has 2 aliphatic rings. The van der Waals surface area contributed by atoms with Crippen LogP contribution in [0.25, 0.3) is 11.4 Å². The van der Waals surface area contributed by atoms with E-state index in [9.17, 15) is 13.2 Å². The van der Waals surface area contributed by atoms with Crippen molar-refractivity contribution in [1.82, 2.24) is 25.0 Å². The smallest absolute Gasteiger partial charge is 0.255 e. The van der Waals surface area contributed by atoms with Gasteiger partial charge in [-0.2, -0.15) is 4.98 Å². The second-order valence-corrected chi connectivity index (χ2v) is 9.77. The molecule has 2 fully saturated rings. The van der Waals surface area contributed by atoms with Gasteiger partial charge in [0.25, 0.3) is 5.91 Å². The van der Waals surface area contributed by atoms with E-state index in [4.69, 9.17) is 4.52 Å². The molecule has 0 N–H and O–H groups in total. The normalized spacial score (nSPS) is 21.8. The van der Waals surface area contributed by atoms with Gasteiger partial charge in [-0.15, -0.1) is 0 Å². The van der Waals surface area contributed by atoms with Crippen molar-refractivity contribution in [3.8, 4) is 11.4 Å². The van der Waals surface area contributed by atoms with Crippen LogP contribution in [0.4, 0.5) is 0 Å². The van der Waals surface area contributed by atoms with E-state index in [1.54, 1.807) is 42.9 Å². The van der Waals surface area contributed by atoms with Gasteiger partial charge in [-0.25, -0.2) is 8.42 Å². The van der Waals surface area contributed by atoms with Crippen molar-refractivity contribution in [3.63, 3.8) is 0 Å². The van der Waals surface area contributed by atoms with Crippen molar-refractivity contribution in [2.45, 2.75) is 17.1 Å². The first-order chi connectivity index (χ1) is 14.0. The predicted molar refractivity (Wildman–Crippen MR) is 102 cm³/mol. The van der Waals surface area contributed by atoms with Crippen molar-refractivity contribution in [2.75, 3.05) is 18.8 Å². The van der Waals surface area contributed by atoms with Crippen LogP contribution in [-0.2, 0) is 9.84 Å². The molecular formula is C19H17N5O4S. The number of aromatic nitrogens is 4. The molecule has 3 aromatic heterocycles. The number of nitrogens with zero attached hydrogens (tertiary/aromatic N) is 5. The molecule has 1 atom stereocenters. The Morgan fingerprint density at radius 2 is 1.93 bits per heavy atom. The minimum Gasteiger partial charge on any atom is -0.339 e. The number of likely N-dealkylation sites (tertiary alicyclic amines) is 1. The molecule has 0 bridgehead atoms. The van der Waals surface area contributed by atoms with E-state index in [-0.39, 0.29) is 24.7 Å². The summed E-state index contributed by atoms with van der Waals surface area (Å²) in [6, 6.07) is 6.86. The zero-order chi connectivity index (χ0) is 20.1. The third kappa shape index (κ3) is 2.74. The Morgan fingerprint density at radius 1 is 1.14 bits per heavy atom. The van der Waals surface area contributed by atoms with Gasteiger partial charge >= 0.3 is 0 Å². The van der Waals surface area contributed by atoms with Crippen molar-refractivity contribution in [2.24, 2.45) is 0 Å². The molecule has 3 aromatic rings. The van der Waals surface area contributed by atoms with Gasteiger partial charge in [0, 0.05) is 43.4 Å². The number of hydrogen-bond acceptors (Lipinski definition) is 8. The SMILES string of the molecule is O=C(c1cccnc1)N1CC2(C1)C(c1nc(-c3ccncc3)no1)CCS2(=O)=O. The van der Waals surface area contributed by atoms with Crippen LogP contribution in [0.3, 0.4) is 0 Å². The summed E-state index contributed by atoms with van der Waals surface area (Å²) in [6.07, 6.45) is 6.71. The summed E-state index contributed by atoms with van der Waals surface area (Å²) < 4.78 is 30.1. The van der Waals surface area contributed by atoms with Gasteiger partial charge < -0.3 is 9.42 Å². The average molecular weight is 411 g/mol. The van der Waals surface area contributed by atoms with Crippen LogP contribution in [0.5, 0.6) is 0 Å². The van der Waals surface area contributed by atoms with Gasteiger partial charge in [0.05, 0.1) is 17.2 Å². The number of rotatable bonds is 3. The van der Waals surface area contributed by atoms with Crippen molar-refractivity contribution in [3.05, 3.63) is 60.5 Å². The molecule has 0 aromatic carbocycles. The topological polar surface area (TPSA) is 119 Å². The molecule has 1 unspecified atom stereocenters. The van der Waals surface area contributed by atoms with E-state index < -0.39 is 20.5 Å². The molecular weight excluding hydrogens is 394 g/mol. The lowest BCUT2D eigenvalue weighted by Crippen LogP contribution is -2.67. The van der Waals surface area contributed by atoms with E-state index in [1.807, 2.05) is 0 Å². The number of pyridine rings is 2. The lowest BCUT2D eigenvalue weighted by molar-refractivity contribution is 0.0503. The van der Waals surface area contributed by atoms with E-state index in [2.05, 4.69) is 20.1 Å². The maximum Gasteiger partial charge on any atom is 0.255 e. The summed E-state index contributed by atoms with van der Waals surface area (Å²) in [5, 5.41) is 4.01. The van der Waals surface area contributed by atoms with Gasteiger partial charge in [0.2, 0.25) is 11.7 Å². The summed E-state index contributed by atoms with van der Waals surface area (Å²) >= 11 is 0. The zero-order valence-corrected chi connectivity index (χ0v) is 16.1. The van der Waals surface area contributed by atoms with Crippen molar-refractivity contribution < 1.29 is 17.7 Å². The Kier molecular flexibility index (Phi) is 3.98. The minimum atomic E-state index is -3.40. The molecule has 0 saturated carbocycles. The largest absolute Gasteiger partial charge is 0.339 e. The fourth-order valence-corrected chi connectivity index (χ4v) is 6.44. The quantitative estimate of drug-likeness (QED) is 0.633. The number of amides is 1. The van der Waals surface area contributed by atoms with Gasteiger partial charge in [-0.3, -0.25) is 14.8 Å². The Morgan fingerprint density at radius 3 is 2.66 bits per heavy atom. The van der Waals surface area contributed by atoms with Gasteiger partial charge in [0.15, 0.2) is 9.84 Å². The Hall–Kier alpha value is -3.14. The van der Waals surface area contributed by atoms with E-state index in [0.717, 1.165) is 5.56 Å². The first kappa shape index (κ1) is 17.9. The van der Waals surface area contributed by atoms with Gasteiger partial charge in [0.1, 0.15) is 4.75 Å². The van der Waals surface area contributed by atoms with Crippen molar-refractivity contribution in [1.29, 1.82) is 0 Å². The molecule has 2 saturated heterocycles. The monoisotopic (exact) mass is 411 g/mol. The number of hydrogen-bond donors (Lipinski definition) is 0. The molecule has 2 aliphatic heterocycles. The number of sulfone groups is 1. The molecule has 10 heteroatoms. The average Bonchev–Trinajstić information content (AvgIpc) is 3.30. The molecule has 9 nitrogen and oxygen atoms in total. The zero-order valence-electron chi connectivity index (χ0n) is 15.3. The molecule has 0 aliphatic carbocycles. The highest BCUT2D eigenvalue weighted by Crippen LogP contribution is 2.49. The minimum absolute atomic E-state index is 0.0412. The lowest BCUT2D eigenvalue weighted by Gasteiger charge is -2.48. The first-order valence-electron chi connectivity index (χ1n) is 9.16. The summed E-state index contributed by atoms with van der Waals surface area (Å²) in [7, 11) is -3.40. The summed E-state index contributed by atoms with van der Waals surface area (Å²) in [4.78, 5) is 26.5. The molecule has 29 heavy (non-hydrogen) atoms. The third-order valence-corrected chi connectivity index (χ3v) is 8.28. The number of carbonyl (C=O) groups excluding carboxylic acids is 1. The van der Waals surface area contributed by atoms with Crippen LogP contribution in [0.1, 0.15) is 28.6 Å². The standard InChI is InChI=1S/C19H17N5O4S/c25-18(14-2-1-6-21-10-14)24-11-19(12-24)15(5-9-29(19,26)27)17-22-16(23-28-17)13-3-7-20-8-4-13/h1-4,6-8,10,15H,5,9,11-12H2. The van der Waals surface area contributed by atoms with E-state index in [1.165, 1.54) is 11.1 Å². The molecule has 1 spiro atoms. The van der Waals surface area contributed by atoms with E-state index >= 15 is 0 Å². The highest BCUT2D eigenvalue weighted by molar-refractivity contribution is 7.93. The van der Waals surface area contributed by atoms with Crippen LogP contribution in [0.15, 0.2) is 53.6 Å². The fourth-order valence-electron chi connectivity index (χ4n) is 4.13. The maximum atomic E-state index is 12.9. The Labute approximate surface area is 166 Å². The van der Waals surface area contributed by atoms with Crippen LogP contribution < -0.4 is 0 Å². The van der Waals surface area contributed by atoms with Crippen LogP contribution in [-0.4, -0.2) is 62.9 Å². The predicted octanol–water partition coefficient (Wildman–Crippen LogP) is 1.32. The van der Waals surface area contributed by atoms with Gasteiger partial charge in [-0.05, 0) is 30.7 Å². The summed E-state index contributed by atoms with van der Waals surface area (Å²) in [5.74, 6) is 0.0662. The Balaban J connectivity index is 1.42.